The van der Waals surface area contributed by atoms with Crippen molar-refractivity contribution in [3.63, 3.8) is 0 Å². The molecule has 0 aromatic heterocycles. The molecular weight excluding hydrogens is 203 g/mol. The number of phosphoric ester groups is 1. The van der Waals surface area contributed by atoms with Crippen molar-refractivity contribution in [2.24, 2.45) is 0 Å². The van der Waals surface area contributed by atoms with E-state index in [9.17, 15) is 8.77 Å². The molecule has 0 saturated heterocycles. The van der Waals surface area contributed by atoms with E-state index in [-0.39, 0.29) is 12.4 Å². The zero-order chi connectivity index (χ0) is 9.61. The van der Waals surface area contributed by atoms with Crippen LogP contribution in [0.15, 0.2) is 0 Å². The fourth-order valence-electron chi connectivity index (χ4n) is 0.417. The van der Waals surface area contributed by atoms with Gasteiger partial charge in [0.1, 0.15) is 0 Å². The number of hydrogen-bond acceptors (Lipinski definition) is 5. The van der Waals surface area contributed by atoms with Crippen LogP contribution >= 0.6 is 7.82 Å². The molecule has 0 fully saturated rings. The highest BCUT2D eigenvalue weighted by Gasteiger charge is 2.26. The van der Waals surface area contributed by atoms with Gasteiger partial charge in [-0.25, -0.2) is 8.77 Å². The molecule has 0 aromatic rings. The summed E-state index contributed by atoms with van der Waals surface area (Å²) in [7, 11) is -2.39. The summed E-state index contributed by atoms with van der Waals surface area (Å²) < 4.78 is 35.8. The van der Waals surface area contributed by atoms with Crippen LogP contribution in [0.3, 0.4) is 0 Å². The smallest absolute Gasteiger partial charge is 0.290 e. The van der Waals surface area contributed by atoms with Gasteiger partial charge in [0, 0.05) is 12.9 Å². The molecule has 0 heterocycles. The van der Waals surface area contributed by atoms with E-state index in [4.69, 9.17) is 0 Å². The molecule has 0 saturated carbocycles. The van der Waals surface area contributed by atoms with Crippen molar-refractivity contribution in [3.8, 4) is 0 Å². The Morgan fingerprint density at radius 3 is 2.33 bits per heavy atom. The van der Waals surface area contributed by atoms with E-state index >= 15 is 0 Å². The molecule has 0 amide bonds. The lowest BCUT2D eigenvalue weighted by Crippen LogP contribution is -2.02. The molecule has 0 aliphatic heterocycles. The van der Waals surface area contributed by atoms with Gasteiger partial charge < -0.3 is 0 Å². The highest BCUT2D eigenvalue weighted by molar-refractivity contribution is 7.84. The zero-order valence-electron chi connectivity index (χ0n) is 7.31. The summed E-state index contributed by atoms with van der Waals surface area (Å²) in [6.07, 6.45) is 0. The van der Waals surface area contributed by atoms with Crippen LogP contribution < -0.4 is 0 Å². The van der Waals surface area contributed by atoms with Crippen molar-refractivity contribution in [3.05, 3.63) is 0 Å². The molecule has 0 N–H and O–H groups in total. The first-order chi connectivity index (χ1) is 5.58. The maximum Gasteiger partial charge on any atom is 0.487 e. The Morgan fingerprint density at radius 2 is 2.00 bits per heavy atom. The van der Waals surface area contributed by atoms with E-state index in [1.165, 1.54) is 7.11 Å². The minimum atomic E-state index is -3.57. The molecular formula is C5H13O5PS. The van der Waals surface area contributed by atoms with E-state index in [1.54, 1.807) is 13.8 Å². The SMILES string of the molecule is CCOP(=O)(OC)OS(=O)CC. The largest absolute Gasteiger partial charge is 0.487 e. The first-order valence-corrected chi connectivity index (χ1v) is 6.17. The second-order valence-electron chi connectivity index (χ2n) is 1.71. The maximum absolute atomic E-state index is 11.3. The van der Waals surface area contributed by atoms with E-state index in [0.29, 0.717) is 0 Å². The van der Waals surface area contributed by atoms with Crippen LogP contribution in [0, 0.1) is 0 Å². The topological polar surface area (TPSA) is 61.8 Å². The summed E-state index contributed by atoms with van der Waals surface area (Å²) in [6, 6.07) is 0. The first kappa shape index (κ1) is 12.3. The predicted octanol–water partition coefficient (Wildman–Crippen LogP) is 1.48. The Kier molecular flexibility index (Phi) is 5.96. The summed E-state index contributed by atoms with van der Waals surface area (Å²) in [6.45, 7) is 3.47. The second-order valence-corrected chi connectivity index (χ2v) is 5.01. The molecule has 74 valence electrons. The molecule has 2 atom stereocenters. The Bertz CT molecular complexity index is 194. The summed E-state index contributed by atoms with van der Waals surface area (Å²) in [4.78, 5) is 0. The molecule has 2 unspecified atom stereocenters. The van der Waals surface area contributed by atoms with Gasteiger partial charge in [0.2, 0.25) is 0 Å². The number of phosphoric acid groups is 1. The van der Waals surface area contributed by atoms with E-state index in [2.05, 4.69) is 13.0 Å². The van der Waals surface area contributed by atoms with Crippen molar-refractivity contribution in [2.45, 2.75) is 13.8 Å². The lowest BCUT2D eigenvalue weighted by Gasteiger charge is -2.12. The summed E-state index contributed by atoms with van der Waals surface area (Å²) >= 11 is -1.61. The number of rotatable bonds is 6. The van der Waals surface area contributed by atoms with E-state index in [0.717, 1.165) is 0 Å². The molecule has 0 aliphatic rings. The van der Waals surface area contributed by atoms with Gasteiger partial charge in [-0.2, -0.15) is 3.97 Å². The van der Waals surface area contributed by atoms with Crippen molar-refractivity contribution in [1.82, 2.24) is 0 Å². The molecule has 0 spiro atoms. The first-order valence-electron chi connectivity index (χ1n) is 3.46. The zero-order valence-corrected chi connectivity index (χ0v) is 9.02. The Balaban J connectivity index is 4.14. The average molecular weight is 216 g/mol. The van der Waals surface area contributed by atoms with Crippen LogP contribution in [0.2, 0.25) is 0 Å². The van der Waals surface area contributed by atoms with Crippen LogP contribution in [0.25, 0.3) is 0 Å². The van der Waals surface area contributed by atoms with Crippen molar-refractivity contribution in [2.75, 3.05) is 19.5 Å². The molecule has 12 heavy (non-hydrogen) atoms. The third-order valence-electron chi connectivity index (χ3n) is 0.921. The van der Waals surface area contributed by atoms with Crippen molar-refractivity contribution < 1.29 is 21.8 Å². The lowest BCUT2D eigenvalue weighted by atomic mass is 10.9. The van der Waals surface area contributed by atoms with Crippen LogP contribution in [0.4, 0.5) is 0 Å². The van der Waals surface area contributed by atoms with Gasteiger partial charge in [0.05, 0.1) is 6.61 Å². The van der Waals surface area contributed by atoms with Crippen molar-refractivity contribution in [1.29, 1.82) is 0 Å². The quantitative estimate of drug-likeness (QED) is 0.629. The summed E-state index contributed by atoms with van der Waals surface area (Å²) in [5.74, 6) is 0.250. The van der Waals surface area contributed by atoms with E-state index < -0.39 is 18.9 Å². The molecule has 0 aromatic carbocycles. The standard InChI is InChI=1S/C5H13O5PS/c1-4-9-11(6,8-3)10-12(7)5-2/h4-5H2,1-3H3. The molecule has 0 rings (SSSR count). The monoisotopic (exact) mass is 216 g/mol. The van der Waals surface area contributed by atoms with Gasteiger partial charge in [-0.1, -0.05) is 6.92 Å². The highest BCUT2D eigenvalue weighted by atomic mass is 32.2. The highest BCUT2D eigenvalue weighted by Crippen LogP contribution is 2.49. The predicted molar refractivity (Wildman–Crippen MR) is 46.0 cm³/mol. The van der Waals surface area contributed by atoms with Crippen LogP contribution in [-0.4, -0.2) is 23.7 Å². The number of hydrogen-bond donors (Lipinski definition) is 0. The normalized spacial score (nSPS) is 18.6. The van der Waals surface area contributed by atoms with Gasteiger partial charge in [-0.05, 0) is 6.92 Å². The summed E-state index contributed by atoms with van der Waals surface area (Å²) in [5, 5.41) is 0. The third-order valence-corrected chi connectivity index (χ3v) is 3.81. The molecule has 0 bridgehead atoms. The van der Waals surface area contributed by atoms with Crippen molar-refractivity contribution >= 4 is 18.9 Å². The third kappa shape index (κ3) is 4.33. The van der Waals surface area contributed by atoms with Crippen LogP contribution in [-0.2, 0) is 28.7 Å². The van der Waals surface area contributed by atoms with Crippen LogP contribution in [0.5, 0.6) is 0 Å². The fourth-order valence-corrected chi connectivity index (χ4v) is 2.49. The van der Waals surface area contributed by atoms with Gasteiger partial charge >= 0.3 is 7.82 Å². The fraction of sp³-hybridized carbons (Fsp3) is 1.00. The Morgan fingerprint density at radius 1 is 1.42 bits per heavy atom. The lowest BCUT2D eigenvalue weighted by molar-refractivity contribution is 0.193. The minimum Gasteiger partial charge on any atom is -0.290 e. The maximum atomic E-state index is 11.3. The molecule has 7 heteroatoms. The van der Waals surface area contributed by atoms with Gasteiger partial charge in [0.25, 0.3) is 0 Å². The Hall–Kier alpha value is 0.260. The second kappa shape index (κ2) is 5.83. The van der Waals surface area contributed by atoms with Gasteiger partial charge in [0.15, 0.2) is 11.1 Å². The molecule has 5 nitrogen and oxygen atoms in total. The van der Waals surface area contributed by atoms with E-state index in [1.807, 2.05) is 0 Å². The molecule has 0 aliphatic carbocycles. The Labute approximate surface area is 74.7 Å². The van der Waals surface area contributed by atoms with Gasteiger partial charge in [-0.3, -0.25) is 9.05 Å². The summed E-state index contributed by atoms with van der Waals surface area (Å²) in [5.41, 5.74) is 0. The van der Waals surface area contributed by atoms with Crippen LogP contribution in [0.1, 0.15) is 13.8 Å². The van der Waals surface area contributed by atoms with Gasteiger partial charge in [-0.15, -0.1) is 0 Å². The molecule has 0 radical (unpaired) electrons. The average Bonchev–Trinajstić information content (AvgIpc) is 2.05. The minimum absolute atomic E-state index is 0.187.